The van der Waals surface area contributed by atoms with Gasteiger partial charge in [-0.3, -0.25) is 14.6 Å². The van der Waals surface area contributed by atoms with Crippen LogP contribution in [0.15, 0.2) is 54.9 Å². The van der Waals surface area contributed by atoms with E-state index in [1.165, 1.54) is 41.6 Å². The summed E-state index contributed by atoms with van der Waals surface area (Å²) in [5.74, 6) is -2.32. The number of fused-ring (bicyclic) bond motifs is 1. The molecule has 0 bridgehead atoms. The highest BCUT2D eigenvalue weighted by molar-refractivity contribution is 6.30. The molecule has 4 rings (SSSR count). The molecule has 0 spiro atoms. The maximum absolute atomic E-state index is 14.6. The van der Waals surface area contributed by atoms with Gasteiger partial charge < -0.3 is 15.7 Å². The number of amides is 2. The summed E-state index contributed by atoms with van der Waals surface area (Å²) in [6.45, 7) is 7.25. The minimum atomic E-state index is -1.33. The average Bonchev–Trinajstić information content (AvgIpc) is 3.20. The maximum Gasteiger partial charge on any atom is 0.259 e. The maximum atomic E-state index is 14.6. The number of carbonyl (C=O) groups excluding carboxylic acids is 2. The highest BCUT2D eigenvalue weighted by Crippen LogP contribution is 2.43. The van der Waals surface area contributed by atoms with E-state index in [2.05, 4.69) is 9.83 Å². The quantitative estimate of drug-likeness (QED) is 0.543. The Morgan fingerprint density at radius 3 is 2.73 bits per heavy atom. The van der Waals surface area contributed by atoms with Gasteiger partial charge in [0, 0.05) is 17.4 Å². The SMILES string of the molecule is [C-]#[N+]c1cncc([C@H](C(N)=O)N(C(=O)c2ccccc2O)[C@@H]2CCc3c(F)cc(Cl)cc32)c1. The normalized spacial score (nSPS) is 15.4. The van der Waals surface area contributed by atoms with Crippen molar-refractivity contribution in [2.45, 2.75) is 24.9 Å². The predicted molar refractivity (Wildman–Crippen MR) is 119 cm³/mol. The number of halogens is 2. The lowest BCUT2D eigenvalue weighted by molar-refractivity contribution is -0.123. The van der Waals surface area contributed by atoms with E-state index < -0.39 is 29.7 Å². The molecule has 7 nitrogen and oxygen atoms in total. The van der Waals surface area contributed by atoms with Crippen LogP contribution in [0.5, 0.6) is 5.75 Å². The van der Waals surface area contributed by atoms with Crippen molar-refractivity contribution in [2.24, 2.45) is 5.73 Å². The number of phenols is 1. The van der Waals surface area contributed by atoms with E-state index in [4.69, 9.17) is 23.9 Å². The molecule has 1 aliphatic carbocycles. The molecule has 3 N–H and O–H groups in total. The number of benzene rings is 2. The zero-order chi connectivity index (χ0) is 23.7. The standard InChI is InChI=1S/C24H18ClFN4O3/c1-28-15-8-13(11-29-12-15)22(23(27)32)30(24(33)17-4-2-3-5-21(17)31)20-7-6-16-18(20)9-14(25)10-19(16)26/h2-5,8-12,20,22,31H,6-7H2,(H2,27,32)/t20-,22-/m1/s1. The molecule has 0 radical (unpaired) electrons. The van der Waals surface area contributed by atoms with E-state index in [1.54, 1.807) is 18.2 Å². The number of aromatic nitrogens is 1. The van der Waals surface area contributed by atoms with Crippen molar-refractivity contribution in [3.05, 3.63) is 99.4 Å². The number of rotatable bonds is 5. The van der Waals surface area contributed by atoms with Crippen molar-refractivity contribution in [2.75, 3.05) is 0 Å². The summed E-state index contributed by atoms with van der Waals surface area (Å²) in [4.78, 5) is 35.0. The summed E-state index contributed by atoms with van der Waals surface area (Å²) in [5, 5.41) is 10.5. The van der Waals surface area contributed by atoms with Crippen molar-refractivity contribution in [3.8, 4) is 5.75 Å². The van der Waals surface area contributed by atoms with Gasteiger partial charge >= 0.3 is 0 Å². The number of phenolic OH excluding ortho intramolecular Hbond substituents is 1. The Morgan fingerprint density at radius 1 is 1.27 bits per heavy atom. The van der Waals surface area contributed by atoms with Gasteiger partial charge in [-0.1, -0.05) is 23.7 Å². The Bertz CT molecular complexity index is 1310. The van der Waals surface area contributed by atoms with E-state index in [1.807, 2.05) is 0 Å². The van der Waals surface area contributed by atoms with Crippen LogP contribution in [0.2, 0.25) is 5.02 Å². The number of hydrogen-bond acceptors (Lipinski definition) is 4. The molecule has 0 aliphatic heterocycles. The van der Waals surface area contributed by atoms with Crippen LogP contribution in [-0.4, -0.2) is 26.8 Å². The zero-order valence-corrected chi connectivity index (χ0v) is 18.0. The summed E-state index contributed by atoms with van der Waals surface area (Å²) >= 11 is 6.10. The van der Waals surface area contributed by atoms with Crippen LogP contribution < -0.4 is 5.73 Å². The summed E-state index contributed by atoms with van der Waals surface area (Å²) < 4.78 is 14.6. The van der Waals surface area contributed by atoms with Gasteiger partial charge in [0.25, 0.3) is 5.91 Å². The van der Waals surface area contributed by atoms with Gasteiger partial charge in [-0.05, 0) is 59.9 Å². The zero-order valence-electron chi connectivity index (χ0n) is 17.2. The molecule has 0 unspecified atom stereocenters. The molecule has 1 aliphatic rings. The Kier molecular flexibility index (Phi) is 5.99. The molecular formula is C24H18ClFN4O3. The van der Waals surface area contributed by atoms with Gasteiger partial charge in [0.1, 0.15) is 17.6 Å². The molecule has 1 aromatic heterocycles. The van der Waals surface area contributed by atoms with Crippen molar-refractivity contribution in [1.82, 2.24) is 9.88 Å². The van der Waals surface area contributed by atoms with Gasteiger partial charge in [0.05, 0.1) is 18.2 Å². The topological polar surface area (TPSA) is 101 Å². The number of para-hydroxylation sites is 1. The van der Waals surface area contributed by atoms with Crippen LogP contribution in [0.1, 0.15) is 45.6 Å². The van der Waals surface area contributed by atoms with Crippen molar-refractivity contribution >= 4 is 29.1 Å². The third-order valence-corrected chi connectivity index (χ3v) is 5.88. The Hall–Kier alpha value is -3.96. The van der Waals surface area contributed by atoms with Gasteiger partial charge in [-0.2, -0.15) is 0 Å². The number of nitrogens with zero attached hydrogens (tertiary/aromatic N) is 3. The van der Waals surface area contributed by atoms with Crippen LogP contribution in [-0.2, 0) is 11.2 Å². The molecule has 9 heteroatoms. The van der Waals surface area contributed by atoms with Crippen LogP contribution in [0.25, 0.3) is 4.85 Å². The molecule has 0 saturated heterocycles. The molecule has 2 aromatic carbocycles. The third-order valence-electron chi connectivity index (χ3n) is 5.66. The van der Waals surface area contributed by atoms with Crippen LogP contribution in [0.4, 0.5) is 10.1 Å². The fourth-order valence-corrected chi connectivity index (χ4v) is 4.47. The van der Waals surface area contributed by atoms with Crippen molar-refractivity contribution < 1.29 is 19.1 Å². The van der Waals surface area contributed by atoms with Gasteiger partial charge in [0.15, 0.2) is 0 Å². The van der Waals surface area contributed by atoms with Gasteiger partial charge in [-0.15, -0.1) is 0 Å². The number of nitrogens with two attached hydrogens (primary N) is 1. The summed E-state index contributed by atoms with van der Waals surface area (Å²) in [6.07, 6.45) is 3.30. The fraction of sp³-hybridized carbons (Fsp3) is 0.167. The first kappa shape index (κ1) is 22.2. The van der Waals surface area contributed by atoms with Crippen molar-refractivity contribution in [3.63, 3.8) is 0 Å². The lowest BCUT2D eigenvalue weighted by Crippen LogP contribution is -2.43. The molecule has 0 saturated carbocycles. The van der Waals surface area contributed by atoms with E-state index >= 15 is 0 Å². The lowest BCUT2D eigenvalue weighted by atomic mass is 9.98. The summed E-state index contributed by atoms with van der Waals surface area (Å²) in [6, 6.07) is 8.01. The lowest BCUT2D eigenvalue weighted by Gasteiger charge is -2.36. The first-order chi connectivity index (χ1) is 15.8. The second-order valence-electron chi connectivity index (χ2n) is 7.63. The fourth-order valence-electron chi connectivity index (χ4n) is 4.26. The van der Waals surface area contributed by atoms with Crippen molar-refractivity contribution in [1.29, 1.82) is 0 Å². The van der Waals surface area contributed by atoms with Crippen LogP contribution in [0, 0.1) is 12.4 Å². The van der Waals surface area contributed by atoms with Gasteiger partial charge in [0.2, 0.25) is 11.6 Å². The highest BCUT2D eigenvalue weighted by Gasteiger charge is 2.41. The smallest absolute Gasteiger partial charge is 0.259 e. The van der Waals surface area contributed by atoms with Crippen LogP contribution in [0.3, 0.4) is 0 Å². The first-order valence-corrected chi connectivity index (χ1v) is 10.4. The molecule has 1 heterocycles. The van der Waals surface area contributed by atoms with E-state index in [-0.39, 0.29) is 27.6 Å². The third kappa shape index (κ3) is 4.11. The average molecular weight is 465 g/mol. The highest BCUT2D eigenvalue weighted by atomic mass is 35.5. The number of pyridine rings is 1. The van der Waals surface area contributed by atoms with E-state index in [9.17, 15) is 19.1 Å². The minimum absolute atomic E-state index is 0.0472. The van der Waals surface area contributed by atoms with E-state index in [0.29, 0.717) is 24.0 Å². The Labute approximate surface area is 194 Å². The molecule has 0 fully saturated rings. The predicted octanol–water partition coefficient (Wildman–Crippen LogP) is 4.49. The number of carbonyl (C=O) groups is 2. The molecular weight excluding hydrogens is 447 g/mol. The molecule has 3 aromatic rings. The first-order valence-electron chi connectivity index (χ1n) is 10.0. The number of primary amides is 1. The van der Waals surface area contributed by atoms with Gasteiger partial charge in [-0.25, -0.2) is 9.24 Å². The largest absolute Gasteiger partial charge is 0.507 e. The number of aromatic hydroxyl groups is 1. The summed E-state index contributed by atoms with van der Waals surface area (Å²) in [5.41, 5.74) is 6.97. The number of hydrogen-bond donors (Lipinski definition) is 2. The Balaban J connectivity index is 1.92. The monoisotopic (exact) mass is 464 g/mol. The van der Waals surface area contributed by atoms with E-state index in [0.717, 1.165) is 0 Å². The minimum Gasteiger partial charge on any atom is -0.507 e. The second-order valence-corrected chi connectivity index (χ2v) is 8.07. The molecule has 33 heavy (non-hydrogen) atoms. The molecule has 2 atom stereocenters. The Morgan fingerprint density at radius 2 is 2.03 bits per heavy atom. The second kappa shape index (κ2) is 8.88. The molecule has 166 valence electrons. The molecule has 2 amide bonds. The van der Waals surface area contributed by atoms with Crippen LogP contribution >= 0.6 is 11.6 Å². The summed E-state index contributed by atoms with van der Waals surface area (Å²) in [7, 11) is 0.